The van der Waals surface area contributed by atoms with Crippen LogP contribution in [0.15, 0.2) is 51.7 Å². The Morgan fingerprint density at radius 1 is 1.06 bits per heavy atom. The lowest BCUT2D eigenvalue weighted by Gasteiger charge is -1.96. The van der Waals surface area contributed by atoms with Crippen LogP contribution in [0.5, 0.6) is 0 Å². The molecule has 2 aromatic heterocycles. The third kappa shape index (κ3) is 1.22. The third-order valence-electron chi connectivity index (χ3n) is 2.49. The molecule has 0 aliphatic heterocycles. The molecule has 0 amide bonds. The lowest BCUT2D eigenvalue weighted by molar-refractivity contribution is -0.540. The molecule has 0 atom stereocenters. The van der Waals surface area contributed by atoms with Crippen molar-refractivity contribution in [3.8, 4) is 0 Å². The molecule has 0 aliphatic rings. The normalized spacial score (nSPS) is 11.1. The van der Waals surface area contributed by atoms with Crippen LogP contribution < -0.4 is 10.2 Å². The van der Waals surface area contributed by atoms with Gasteiger partial charge in [0.05, 0.1) is 5.39 Å². The van der Waals surface area contributed by atoms with E-state index in [1.165, 1.54) is 4.40 Å². The molecule has 16 heavy (non-hydrogen) atoms. The van der Waals surface area contributed by atoms with E-state index in [-0.39, 0.29) is 0 Å². The predicted molar refractivity (Wildman–Crippen MR) is 60.7 cm³/mol. The fourth-order valence-electron chi connectivity index (χ4n) is 1.79. The highest BCUT2D eigenvalue weighted by atomic mass is 35.5. The molecule has 0 saturated heterocycles. The van der Waals surface area contributed by atoms with Crippen LogP contribution in [0.25, 0.3) is 16.5 Å². The molecule has 0 fully saturated rings. The van der Waals surface area contributed by atoms with Crippen molar-refractivity contribution in [1.82, 2.24) is 0 Å². The van der Waals surface area contributed by atoms with E-state index in [1.54, 1.807) is 12.1 Å². The van der Waals surface area contributed by atoms with Crippen LogP contribution >= 0.6 is 11.6 Å². The molecule has 0 N–H and O–H groups in total. The van der Waals surface area contributed by atoms with Crippen LogP contribution in [0.4, 0.5) is 0 Å². The first-order valence-corrected chi connectivity index (χ1v) is 5.17. The first-order chi connectivity index (χ1) is 7.77. The van der Waals surface area contributed by atoms with Gasteiger partial charge in [-0.3, -0.25) is 0 Å². The van der Waals surface area contributed by atoms with Gasteiger partial charge in [0.25, 0.3) is 5.15 Å². The van der Waals surface area contributed by atoms with Crippen LogP contribution in [0.1, 0.15) is 0 Å². The molecule has 3 rings (SSSR count). The molecule has 0 unspecified atom stereocenters. The van der Waals surface area contributed by atoms with Crippen molar-refractivity contribution in [2.75, 3.05) is 0 Å². The zero-order valence-corrected chi connectivity index (χ0v) is 8.94. The molecule has 3 aromatic rings. The minimum atomic E-state index is -0.473. The van der Waals surface area contributed by atoms with Gasteiger partial charge >= 0.3 is 5.76 Å². The third-order valence-corrected chi connectivity index (χ3v) is 2.78. The van der Waals surface area contributed by atoms with Gasteiger partial charge in [-0.1, -0.05) is 16.5 Å². The smallest absolute Gasteiger partial charge is 0.371 e. The van der Waals surface area contributed by atoms with Crippen LogP contribution in [0.3, 0.4) is 0 Å². The first-order valence-electron chi connectivity index (χ1n) is 4.79. The molecule has 0 saturated carbocycles. The van der Waals surface area contributed by atoms with Gasteiger partial charge in [0.15, 0.2) is 5.58 Å². The average molecular weight is 233 g/mol. The largest absolute Gasteiger partial charge is 0.609 e. The Hall–Kier alpha value is -1.87. The minimum Gasteiger partial charge on any atom is -0.371 e. The van der Waals surface area contributed by atoms with Gasteiger partial charge < -0.3 is 4.42 Å². The Balaban J connectivity index is 2.71. The van der Waals surface area contributed by atoms with Crippen molar-refractivity contribution in [3.05, 3.63) is 58.2 Å². The molecule has 0 spiro atoms. The molecular formula is C12H7ClNO2+. The Morgan fingerprint density at radius 2 is 1.88 bits per heavy atom. The molecule has 2 heterocycles. The molecule has 3 nitrogen and oxygen atoms in total. The summed E-state index contributed by atoms with van der Waals surface area (Å²) in [7, 11) is 0. The number of para-hydroxylation sites is 1. The van der Waals surface area contributed by atoms with Gasteiger partial charge in [-0.15, -0.1) is 0 Å². The molecule has 0 radical (unpaired) electrons. The first kappa shape index (κ1) is 9.36. The molecule has 0 aliphatic carbocycles. The Bertz CT molecular complexity index is 749. The maximum atomic E-state index is 11.7. The number of aromatic nitrogens is 1. The maximum Gasteiger partial charge on any atom is 0.609 e. The van der Waals surface area contributed by atoms with E-state index in [0.717, 1.165) is 10.9 Å². The summed E-state index contributed by atoms with van der Waals surface area (Å²) in [5.41, 5.74) is 1.31. The van der Waals surface area contributed by atoms with E-state index in [2.05, 4.69) is 0 Å². The van der Waals surface area contributed by atoms with E-state index in [0.29, 0.717) is 10.7 Å². The fourth-order valence-corrected chi connectivity index (χ4v) is 2.02. The standard InChI is InChI=1S/C12H7ClNO2/c13-11-7-3-5-9-8-4-1-2-6-10(8)16-12(15)14(9)11/h1-7H/q+1. The van der Waals surface area contributed by atoms with Crippen LogP contribution in [0.2, 0.25) is 5.15 Å². The monoisotopic (exact) mass is 232 g/mol. The number of halogens is 1. The zero-order chi connectivity index (χ0) is 11.1. The van der Waals surface area contributed by atoms with E-state index >= 15 is 0 Å². The molecule has 1 aromatic carbocycles. The molecular weight excluding hydrogens is 226 g/mol. The second kappa shape index (κ2) is 3.32. The summed E-state index contributed by atoms with van der Waals surface area (Å²) < 4.78 is 6.53. The van der Waals surface area contributed by atoms with Crippen LogP contribution in [-0.2, 0) is 0 Å². The number of fused-ring (bicyclic) bond motifs is 3. The van der Waals surface area contributed by atoms with E-state index < -0.39 is 5.76 Å². The van der Waals surface area contributed by atoms with Crippen molar-refractivity contribution >= 4 is 28.1 Å². The van der Waals surface area contributed by atoms with Crippen molar-refractivity contribution < 1.29 is 8.82 Å². The van der Waals surface area contributed by atoms with Gasteiger partial charge in [0.2, 0.25) is 5.52 Å². The summed E-state index contributed by atoms with van der Waals surface area (Å²) in [6, 6.07) is 12.7. The topological polar surface area (TPSA) is 34.3 Å². The van der Waals surface area contributed by atoms with E-state index in [9.17, 15) is 4.79 Å². The lowest BCUT2D eigenvalue weighted by Crippen LogP contribution is -2.41. The van der Waals surface area contributed by atoms with Gasteiger partial charge in [0.1, 0.15) is 0 Å². The van der Waals surface area contributed by atoms with Crippen molar-refractivity contribution in [1.29, 1.82) is 0 Å². The van der Waals surface area contributed by atoms with Crippen LogP contribution in [-0.4, -0.2) is 0 Å². The fraction of sp³-hybridized carbons (Fsp3) is 0. The maximum absolute atomic E-state index is 11.7. The second-order valence-corrected chi connectivity index (χ2v) is 3.82. The van der Waals surface area contributed by atoms with Gasteiger partial charge in [0, 0.05) is 12.1 Å². The summed E-state index contributed by atoms with van der Waals surface area (Å²) >= 11 is 5.97. The molecule has 78 valence electrons. The zero-order valence-electron chi connectivity index (χ0n) is 8.18. The van der Waals surface area contributed by atoms with E-state index in [1.807, 2.05) is 30.3 Å². The number of pyridine rings is 1. The van der Waals surface area contributed by atoms with Crippen molar-refractivity contribution in [3.63, 3.8) is 0 Å². The highest BCUT2D eigenvalue weighted by Gasteiger charge is 2.17. The SMILES string of the molecule is O=c1oc2ccccc2c2cccc(Cl)[n+]12. The second-order valence-electron chi connectivity index (χ2n) is 3.43. The summed E-state index contributed by atoms with van der Waals surface area (Å²) in [6.45, 7) is 0. The highest BCUT2D eigenvalue weighted by Crippen LogP contribution is 2.16. The number of rotatable bonds is 0. The number of hydrogen-bond donors (Lipinski definition) is 0. The minimum absolute atomic E-state index is 0.344. The molecule has 0 bridgehead atoms. The highest BCUT2D eigenvalue weighted by molar-refractivity contribution is 6.28. The lowest BCUT2D eigenvalue weighted by atomic mass is 10.2. The van der Waals surface area contributed by atoms with Crippen LogP contribution in [0, 0.1) is 0 Å². The predicted octanol–water partition coefficient (Wildman–Crippen LogP) is 2.19. The van der Waals surface area contributed by atoms with E-state index in [4.69, 9.17) is 16.0 Å². The summed E-state index contributed by atoms with van der Waals surface area (Å²) in [4.78, 5) is 11.7. The molecule has 4 heteroatoms. The number of nitrogens with zero attached hydrogens (tertiary/aromatic N) is 1. The number of benzene rings is 1. The average Bonchev–Trinajstić information content (AvgIpc) is 2.29. The quantitative estimate of drug-likeness (QED) is 0.338. The Kier molecular flexibility index (Phi) is 1.94. The summed E-state index contributed by atoms with van der Waals surface area (Å²) in [6.07, 6.45) is 0. The Labute approximate surface area is 95.5 Å². The summed E-state index contributed by atoms with van der Waals surface area (Å²) in [5, 5.41) is 1.21. The van der Waals surface area contributed by atoms with Crippen molar-refractivity contribution in [2.24, 2.45) is 0 Å². The van der Waals surface area contributed by atoms with Gasteiger partial charge in [-0.25, -0.2) is 0 Å². The summed E-state index contributed by atoms with van der Waals surface area (Å²) in [5.74, 6) is -0.473. The van der Waals surface area contributed by atoms with Gasteiger partial charge in [-0.2, -0.15) is 4.79 Å². The van der Waals surface area contributed by atoms with Crippen molar-refractivity contribution in [2.45, 2.75) is 0 Å². The number of hydrogen-bond acceptors (Lipinski definition) is 2. The Morgan fingerprint density at radius 3 is 2.75 bits per heavy atom. The van der Waals surface area contributed by atoms with Gasteiger partial charge in [-0.05, 0) is 29.8 Å².